The van der Waals surface area contributed by atoms with Crippen LogP contribution in [0.4, 0.5) is 4.79 Å². The largest absolute Gasteiger partial charge is 0.467 e. The molecular formula is C23H25N3O5. The molecular weight excluding hydrogens is 398 g/mol. The molecule has 162 valence electrons. The number of methoxy groups -OCH3 is 1. The van der Waals surface area contributed by atoms with E-state index in [2.05, 4.69) is 10.3 Å². The maximum absolute atomic E-state index is 12.7. The van der Waals surface area contributed by atoms with Crippen LogP contribution in [-0.4, -0.2) is 46.3 Å². The average molecular weight is 423 g/mol. The van der Waals surface area contributed by atoms with Gasteiger partial charge in [0.1, 0.15) is 11.6 Å². The predicted molar refractivity (Wildman–Crippen MR) is 115 cm³/mol. The number of carbonyl (C=O) groups is 3. The van der Waals surface area contributed by atoms with Crippen LogP contribution in [0.25, 0.3) is 10.9 Å². The van der Waals surface area contributed by atoms with Crippen LogP contribution in [0.5, 0.6) is 0 Å². The molecule has 8 nitrogen and oxygen atoms in total. The average Bonchev–Trinajstić information content (AvgIpc) is 3.11. The highest BCUT2D eigenvalue weighted by molar-refractivity contribution is 5.97. The van der Waals surface area contributed by atoms with Crippen molar-refractivity contribution in [2.24, 2.45) is 0 Å². The number of hydrogen-bond donors (Lipinski definition) is 1. The number of benzene rings is 1. The van der Waals surface area contributed by atoms with Crippen molar-refractivity contribution in [3.8, 4) is 0 Å². The minimum Gasteiger partial charge on any atom is -0.467 e. The number of ether oxygens (including phenoxy) is 2. The number of nitrogens with one attached hydrogen (secondary N) is 1. The highest BCUT2D eigenvalue weighted by atomic mass is 16.6. The van der Waals surface area contributed by atoms with Crippen molar-refractivity contribution < 1.29 is 23.9 Å². The Morgan fingerprint density at radius 2 is 1.87 bits per heavy atom. The van der Waals surface area contributed by atoms with E-state index in [4.69, 9.17) is 9.47 Å². The van der Waals surface area contributed by atoms with E-state index in [9.17, 15) is 14.4 Å². The van der Waals surface area contributed by atoms with Crippen LogP contribution < -0.4 is 5.32 Å². The third kappa shape index (κ3) is 5.28. The van der Waals surface area contributed by atoms with Crippen molar-refractivity contribution >= 4 is 28.9 Å². The van der Waals surface area contributed by atoms with Gasteiger partial charge in [-0.2, -0.15) is 0 Å². The zero-order valence-electron chi connectivity index (χ0n) is 17.9. The number of amides is 1. The van der Waals surface area contributed by atoms with E-state index in [0.29, 0.717) is 16.6 Å². The molecule has 1 N–H and O–H groups in total. The molecule has 2 aromatic heterocycles. The van der Waals surface area contributed by atoms with Crippen LogP contribution in [0.3, 0.4) is 0 Å². The fourth-order valence-corrected chi connectivity index (χ4v) is 3.17. The lowest BCUT2D eigenvalue weighted by Gasteiger charge is -2.19. The first-order valence-electron chi connectivity index (χ1n) is 9.80. The van der Waals surface area contributed by atoms with Crippen LogP contribution in [-0.2, 0) is 20.7 Å². The molecule has 0 aliphatic rings. The van der Waals surface area contributed by atoms with E-state index in [1.54, 1.807) is 51.4 Å². The molecule has 1 aromatic carbocycles. The van der Waals surface area contributed by atoms with Gasteiger partial charge in [-0.3, -0.25) is 14.3 Å². The second kappa shape index (κ2) is 8.99. The molecule has 31 heavy (non-hydrogen) atoms. The Balaban J connectivity index is 1.92. The number of pyridine rings is 1. The molecule has 0 saturated carbocycles. The van der Waals surface area contributed by atoms with Gasteiger partial charge in [-0.05, 0) is 44.5 Å². The van der Waals surface area contributed by atoms with Gasteiger partial charge in [0.2, 0.25) is 0 Å². The summed E-state index contributed by atoms with van der Waals surface area (Å²) in [6.45, 7) is 5.37. The number of aromatic nitrogens is 2. The molecule has 0 aliphatic carbocycles. The minimum absolute atomic E-state index is 0.134. The molecule has 8 heteroatoms. The molecule has 0 unspecified atom stereocenters. The Morgan fingerprint density at radius 1 is 1.13 bits per heavy atom. The highest BCUT2D eigenvalue weighted by Crippen LogP contribution is 2.24. The third-order valence-corrected chi connectivity index (χ3v) is 4.52. The van der Waals surface area contributed by atoms with Crippen molar-refractivity contribution in [1.29, 1.82) is 0 Å². The normalized spacial score (nSPS) is 12.3. The van der Waals surface area contributed by atoms with Gasteiger partial charge in [0.05, 0.1) is 18.2 Å². The fraction of sp³-hybridized carbons (Fsp3) is 0.304. The van der Waals surface area contributed by atoms with Gasteiger partial charge in [0.15, 0.2) is 0 Å². The zero-order valence-corrected chi connectivity index (χ0v) is 17.9. The minimum atomic E-state index is -0.949. The number of carbonyl (C=O) groups excluding carboxylic acids is 3. The lowest BCUT2D eigenvalue weighted by atomic mass is 10.0. The number of nitrogens with zero attached hydrogens (tertiary/aromatic N) is 2. The van der Waals surface area contributed by atoms with Crippen LogP contribution in [0.15, 0.2) is 55.0 Å². The Labute approximate surface area is 180 Å². The quantitative estimate of drug-likeness (QED) is 0.632. The number of hydrogen-bond acceptors (Lipinski definition) is 6. The second-order valence-corrected chi connectivity index (χ2v) is 8.02. The van der Waals surface area contributed by atoms with E-state index in [0.717, 1.165) is 5.39 Å². The summed E-state index contributed by atoms with van der Waals surface area (Å²) in [7, 11) is 1.26. The Hall–Kier alpha value is -3.68. The number of para-hydroxylation sites is 1. The first-order valence-corrected chi connectivity index (χ1v) is 9.80. The lowest BCUT2D eigenvalue weighted by molar-refractivity contribution is -0.142. The highest BCUT2D eigenvalue weighted by Gasteiger charge is 2.26. The summed E-state index contributed by atoms with van der Waals surface area (Å²) in [6, 6.07) is 9.59. The third-order valence-electron chi connectivity index (χ3n) is 4.52. The molecule has 0 bridgehead atoms. The van der Waals surface area contributed by atoms with Crippen LogP contribution in [0.2, 0.25) is 0 Å². The van der Waals surface area contributed by atoms with E-state index in [-0.39, 0.29) is 6.42 Å². The van der Waals surface area contributed by atoms with Crippen molar-refractivity contribution in [3.63, 3.8) is 0 Å². The Bertz CT molecular complexity index is 1100. The SMILES string of the molecule is COC(=O)[C@@H](Cc1cn(C(=O)OC(C)(C)C)c2ccccc12)NC(=O)c1cccnc1. The van der Waals surface area contributed by atoms with E-state index in [1.165, 1.54) is 17.9 Å². The summed E-state index contributed by atoms with van der Waals surface area (Å²) in [5, 5.41) is 3.47. The van der Waals surface area contributed by atoms with E-state index in [1.807, 2.05) is 18.2 Å². The van der Waals surface area contributed by atoms with Crippen LogP contribution in [0, 0.1) is 0 Å². The molecule has 0 saturated heterocycles. The van der Waals surface area contributed by atoms with Crippen molar-refractivity contribution in [2.45, 2.75) is 38.8 Å². The van der Waals surface area contributed by atoms with Gasteiger partial charge in [-0.25, -0.2) is 9.59 Å². The number of esters is 1. The topological polar surface area (TPSA) is 99.5 Å². The van der Waals surface area contributed by atoms with E-state index < -0.39 is 29.6 Å². The second-order valence-electron chi connectivity index (χ2n) is 8.02. The van der Waals surface area contributed by atoms with Gasteiger partial charge in [0.25, 0.3) is 5.91 Å². The molecule has 3 aromatic rings. The number of rotatable bonds is 5. The van der Waals surface area contributed by atoms with Crippen LogP contribution >= 0.6 is 0 Å². The van der Waals surface area contributed by atoms with Gasteiger partial charge in [-0.1, -0.05) is 18.2 Å². The molecule has 0 spiro atoms. The van der Waals surface area contributed by atoms with Gasteiger partial charge >= 0.3 is 12.1 Å². The summed E-state index contributed by atoms with van der Waals surface area (Å²) in [6.07, 6.45) is 4.21. The molecule has 1 amide bonds. The van der Waals surface area contributed by atoms with Crippen molar-refractivity contribution in [1.82, 2.24) is 14.9 Å². The summed E-state index contributed by atoms with van der Waals surface area (Å²) >= 11 is 0. The lowest BCUT2D eigenvalue weighted by Crippen LogP contribution is -2.43. The van der Waals surface area contributed by atoms with Crippen LogP contribution in [0.1, 0.15) is 36.7 Å². The molecule has 2 heterocycles. The van der Waals surface area contributed by atoms with Gasteiger partial charge in [0, 0.05) is 30.4 Å². The summed E-state index contributed by atoms with van der Waals surface area (Å²) in [5.41, 5.74) is 1.01. The zero-order chi connectivity index (χ0) is 22.6. The summed E-state index contributed by atoms with van der Waals surface area (Å²) in [5.74, 6) is -1.04. The van der Waals surface area contributed by atoms with Crippen molar-refractivity contribution in [2.75, 3.05) is 7.11 Å². The first-order chi connectivity index (χ1) is 14.7. The monoisotopic (exact) mass is 423 g/mol. The maximum atomic E-state index is 12.7. The molecule has 0 aliphatic heterocycles. The van der Waals surface area contributed by atoms with Gasteiger partial charge < -0.3 is 14.8 Å². The number of fused-ring (bicyclic) bond motifs is 1. The predicted octanol–water partition coefficient (Wildman–Crippen LogP) is 3.33. The Morgan fingerprint density at radius 3 is 2.52 bits per heavy atom. The maximum Gasteiger partial charge on any atom is 0.419 e. The van der Waals surface area contributed by atoms with E-state index >= 15 is 0 Å². The smallest absolute Gasteiger partial charge is 0.419 e. The first kappa shape index (κ1) is 22.0. The Kier molecular flexibility index (Phi) is 6.39. The van der Waals surface area contributed by atoms with Gasteiger partial charge in [-0.15, -0.1) is 0 Å². The summed E-state index contributed by atoms with van der Waals surface area (Å²) < 4.78 is 11.8. The van der Waals surface area contributed by atoms with Crippen molar-refractivity contribution in [3.05, 3.63) is 66.1 Å². The summed E-state index contributed by atoms with van der Waals surface area (Å²) in [4.78, 5) is 41.6. The standard InChI is InChI=1S/C23H25N3O5/c1-23(2,3)31-22(29)26-14-16(17-9-5-6-10-19(17)26)12-18(21(28)30-4)25-20(27)15-8-7-11-24-13-15/h5-11,13-14,18H,12H2,1-4H3,(H,25,27)/t18-/m1/s1. The molecule has 1 atom stereocenters. The fourth-order valence-electron chi connectivity index (χ4n) is 3.17. The molecule has 0 radical (unpaired) electrons. The molecule has 3 rings (SSSR count). The molecule has 0 fully saturated rings.